The second-order valence-electron chi connectivity index (χ2n) is 4.84. The molecular weight excluding hydrogens is 294 g/mol. The van der Waals surface area contributed by atoms with Crippen LogP contribution in [0.3, 0.4) is 0 Å². The highest BCUT2D eigenvalue weighted by Crippen LogP contribution is 2.29. The van der Waals surface area contributed by atoms with E-state index in [0.29, 0.717) is 16.9 Å². The molecule has 0 aliphatic carbocycles. The molecular formula is C16H13ClF2N2. The maximum atomic E-state index is 14.0. The highest BCUT2D eigenvalue weighted by molar-refractivity contribution is 6.16. The molecule has 0 aliphatic heterocycles. The van der Waals surface area contributed by atoms with Gasteiger partial charge in [0.1, 0.15) is 17.2 Å². The summed E-state index contributed by atoms with van der Waals surface area (Å²) in [5, 5.41) is 0. The molecule has 3 aromatic rings. The maximum Gasteiger partial charge on any atom is 0.151 e. The molecule has 5 heteroatoms. The number of aromatic nitrogens is 2. The summed E-state index contributed by atoms with van der Waals surface area (Å²) < 4.78 is 29.7. The Morgan fingerprint density at radius 2 is 1.81 bits per heavy atom. The van der Waals surface area contributed by atoms with Crippen molar-refractivity contribution in [2.45, 2.75) is 18.8 Å². The van der Waals surface area contributed by atoms with Crippen LogP contribution in [-0.2, 0) is 5.88 Å². The van der Waals surface area contributed by atoms with Gasteiger partial charge in [-0.1, -0.05) is 24.3 Å². The van der Waals surface area contributed by atoms with Gasteiger partial charge in [-0.3, -0.25) is 0 Å². The molecule has 1 aromatic heterocycles. The van der Waals surface area contributed by atoms with Crippen molar-refractivity contribution in [3.63, 3.8) is 0 Å². The van der Waals surface area contributed by atoms with Crippen molar-refractivity contribution in [1.29, 1.82) is 0 Å². The first-order valence-corrected chi connectivity index (χ1v) is 7.12. The third kappa shape index (κ3) is 2.29. The highest BCUT2D eigenvalue weighted by Gasteiger charge is 2.20. The summed E-state index contributed by atoms with van der Waals surface area (Å²) in [4.78, 5) is 4.24. The Morgan fingerprint density at radius 1 is 1.10 bits per heavy atom. The number of alkyl halides is 1. The molecule has 1 unspecified atom stereocenters. The first kappa shape index (κ1) is 14.0. The van der Waals surface area contributed by atoms with Crippen LogP contribution in [0.4, 0.5) is 8.78 Å². The van der Waals surface area contributed by atoms with Crippen LogP contribution >= 0.6 is 11.6 Å². The molecule has 0 bridgehead atoms. The minimum atomic E-state index is -0.404. The van der Waals surface area contributed by atoms with E-state index in [2.05, 4.69) is 4.98 Å². The summed E-state index contributed by atoms with van der Waals surface area (Å²) in [5.74, 6) is -0.0537. The zero-order valence-electron chi connectivity index (χ0n) is 11.4. The zero-order chi connectivity index (χ0) is 15.0. The van der Waals surface area contributed by atoms with E-state index in [0.717, 1.165) is 0 Å². The second-order valence-corrected chi connectivity index (χ2v) is 5.10. The van der Waals surface area contributed by atoms with Gasteiger partial charge in [0.2, 0.25) is 0 Å². The molecule has 0 saturated carbocycles. The van der Waals surface area contributed by atoms with Gasteiger partial charge in [0.05, 0.1) is 17.4 Å². The molecule has 21 heavy (non-hydrogen) atoms. The molecule has 1 atom stereocenters. The van der Waals surface area contributed by atoms with E-state index in [1.807, 2.05) is 6.92 Å². The predicted octanol–water partition coefficient (Wildman–Crippen LogP) is 4.66. The van der Waals surface area contributed by atoms with Crippen molar-refractivity contribution in [3.05, 3.63) is 65.5 Å². The molecule has 0 saturated heterocycles. The van der Waals surface area contributed by atoms with Crippen molar-refractivity contribution in [2.24, 2.45) is 0 Å². The minimum Gasteiger partial charge on any atom is -0.319 e. The minimum absolute atomic E-state index is 0.132. The van der Waals surface area contributed by atoms with E-state index in [1.54, 1.807) is 34.9 Å². The summed E-state index contributed by atoms with van der Waals surface area (Å²) in [6.07, 6.45) is 0. The van der Waals surface area contributed by atoms with Crippen LogP contribution in [0.25, 0.3) is 11.0 Å². The number of hydrogen-bond donors (Lipinski definition) is 0. The van der Waals surface area contributed by atoms with E-state index in [9.17, 15) is 8.78 Å². The van der Waals surface area contributed by atoms with Gasteiger partial charge in [0, 0.05) is 5.56 Å². The number of benzene rings is 2. The molecule has 2 aromatic carbocycles. The number of para-hydroxylation sites is 1. The van der Waals surface area contributed by atoms with Crippen LogP contribution in [0.15, 0.2) is 42.5 Å². The van der Waals surface area contributed by atoms with Gasteiger partial charge in [0.25, 0.3) is 0 Å². The lowest BCUT2D eigenvalue weighted by Crippen LogP contribution is -2.11. The molecule has 0 radical (unpaired) electrons. The van der Waals surface area contributed by atoms with Crippen molar-refractivity contribution in [1.82, 2.24) is 9.55 Å². The first-order chi connectivity index (χ1) is 10.1. The monoisotopic (exact) mass is 306 g/mol. The number of hydrogen-bond acceptors (Lipinski definition) is 1. The molecule has 3 rings (SSSR count). The van der Waals surface area contributed by atoms with Crippen molar-refractivity contribution < 1.29 is 8.78 Å². The Morgan fingerprint density at radius 3 is 2.52 bits per heavy atom. The van der Waals surface area contributed by atoms with Gasteiger partial charge in [0.15, 0.2) is 5.82 Å². The second kappa shape index (κ2) is 5.45. The Hall–Kier alpha value is -1.94. The number of nitrogens with zero attached hydrogens (tertiary/aromatic N) is 2. The highest BCUT2D eigenvalue weighted by atomic mass is 35.5. The van der Waals surface area contributed by atoms with Crippen molar-refractivity contribution >= 4 is 22.6 Å². The zero-order valence-corrected chi connectivity index (χ0v) is 12.1. The first-order valence-electron chi connectivity index (χ1n) is 6.59. The van der Waals surface area contributed by atoms with Crippen LogP contribution in [0.5, 0.6) is 0 Å². The average Bonchev–Trinajstić information content (AvgIpc) is 2.87. The predicted molar refractivity (Wildman–Crippen MR) is 79.5 cm³/mol. The van der Waals surface area contributed by atoms with Gasteiger partial charge in [-0.2, -0.15) is 0 Å². The molecule has 1 heterocycles. The molecule has 0 fully saturated rings. The lowest BCUT2D eigenvalue weighted by atomic mass is 10.1. The third-order valence-electron chi connectivity index (χ3n) is 3.61. The fraction of sp³-hybridized carbons (Fsp3) is 0.188. The summed E-state index contributed by atoms with van der Waals surface area (Å²) in [6, 6.07) is 10.9. The van der Waals surface area contributed by atoms with Gasteiger partial charge >= 0.3 is 0 Å². The third-order valence-corrected chi connectivity index (χ3v) is 3.85. The topological polar surface area (TPSA) is 17.8 Å². The van der Waals surface area contributed by atoms with Gasteiger partial charge in [-0.05, 0) is 25.1 Å². The molecule has 0 aliphatic rings. The van der Waals surface area contributed by atoms with Crippen molar-refractivity contribution in [2.75, 3.05) is 0 Å². The number of fused-ring (bicyclic) bond motifs is 1. The lowest BCUT2D eigenvalue weighted by molar-refractivity contribution is 0.556. The molecule has 2 nitrogen and oxygen atoms in total. The summed E-state index contributed by atoms with van der Waals surface area (Å²) in [7, 11) is 0. The fourth-order valence-electron chi connectivity index (χ4n) is 2.61. The Bertz CT molecular complexity index is 798. The molecule has 0 N–H and O–H groups in total. The summed E-state index contributed by atoms with van der Waals surface area (Å²) >= 11 is 5.93. The standard InChI is InChI=1S/C16H13ClF2N2/c1-10(11-5-2-3-6-12(11)18)21-14-8-4-7-13(19)16(14)20-15(21)9-17/h2-8,10H,9H2,1H3. The Balaban J connectivity index is 2.24. The van der Waals surface area contributed by atoms with Gasteiger partial charge < -0.3 is 4.57 Å². The number of rotatable bonds is 3. The fourth-order valence-corrected chi connectivity index (χ4v) is 2.80. The van der Waals surface area contributed by atoms with E-state index >= 15 is 0 Å². The molecule has 108 valence electrons. The number of imidazole rings is 1. The molecule has 0 amide bonds. The Labute approximate surface area is 126 Å². The number of halogens is 3. The maximum absolute atomic E-state index is 14.0. The van der Waals surface area contributed by atoms with Crippen LogP contribution in [0, 0.1) is 11.6 Å². The van der Waals surface area contributed by atoms with Gasteiger partial charge in [-0.25, -0.2) is 13.8 Å². The normalized spacial score (nSPS) is 12.8. The van der Waals surface area contributed by atoms with Crippen LogP contribution in [0.1, 0.15) is 24.4 Å². The summed E-state index contributed by atoms with van der Waals surface area (Å²) in [5.41, 5.74) is 1.39. The quantitative estimate of drug-likeness (QED) is 0.643. The molecule has 0 spiro atoms. The van der Waals surface area contributed by atoms with Gasteiger partial charge in [-0.15, -0.1) is 11.6 Å². The van der Waals surface area contributed by atoms with Crippen LogP contribution in [-0.4, -0.2) is 9.55 Å². The van der Waals surface area contributed by atoms with E-state index in [-0.39, 0.29) is 23.3 Å². The Kier molecular flexibility index (Phi) is 3.64. The van der Waals surface area contributed by atoms with Crippen LogP contribution in [0.2, 0.25) is 0 Å². The van der Waals surface area contributed by atoms with Crippen LogP contribution < -0.4 is 0 Å². The average molecular weight is 307 g/mol. The van der Waals surface area contributed by atoms with Crippen molar-refractivity contribution in [3.8, 4) is 0 Å². The smallest absolute Gasteiger partial charge is 0.151 e. The summed E-state index contributed by atoms with van der Waals surface area (Å²) in [6.45, 7) is 1.85. The largest absolute Gasteiger partial charge is 0.319 e. The SMILES string of the molecule is CC(c1ccccc1F)n1c(CCl)nc2c(F)cccc21. The van der Waals surface area contributed by atoms with E-state index in [1.165, 1.54) is 12.1 Å². The van der Waals surface area contributed by atoms with E-state index in [4.69, 9.17) is 11.6 Å². The van der Waals surface area contributed by atoms with E-state index < -0.39 is 5.82 Å². The lowest BCUT2D eigenvalue weighted by Gasteiger charge is -2.18.